The number of nitrogens with one attached hydrogen (secondary N) is 3. The van der Waals surface area contributed by atoms with Crippen LogP contribution in [0, 0.1) is 18.7 Å². The Morgan fingerprint density at radius 3 is 2.30 bits per heavy atom. The SMILES string of the molecule is Cc1ccc(NC(=O)C(C)C)cc1NC(=O)CNC(=O)c1ccc(F)cc1. The molecule has 0 aromatic heterocycles. The Labute approximate surface area is 157 Å². The fraction of sp³-hybridized carbons (Fsp3) is 0.250. The van der Waals surface area contributed by atoms with Gasteiger partial charge in [0.25, 0.3) is 5.91 Å². The van der Waals surface area contributed by atoms with Gasteiger partial charge in [-0.25, -0.2) is 4.39 Å². The van der Waals surface area contributed by atoms with Crippen molar-refractivity contribution in [1.82, 2.24) is 5.32 Å². The molecule has 0 aliphatic heterocycles. The molecule has 2 aromatic carbocycles. The van der Waals surface area contributed by atoms with Crippen LogP contribution in [0.15, 0.2) is 42.5 Å². The summed E-state index contributed by atoms with van der Waals surface area (Å²) in [6, 6.07) is 10.2. The summed E-state index contributed by atoms with van der Waals surface area (Å²) in [7, 11) is 0. The van der Waals surface area contributed by atoms with Crippen LogP contribution in [-0.4, -0.2) is 24.3 Å². The van der Waals surface area contributed by atoms with Crippen LogP contribution in [0.5, 0.6) is 0 Å². The highest BCUT2D eigenvalue weighted by Crippen LogP contribution is 2.20. The van der Waals surface area contributed by atoms with Gasteiger partial charge in [0.1, 0.15) is 5.82 Å². The van der Waals surface area contributed by atoms with E-state index in [0.29, 0.717) is 11.4 Å². The van der Waals surface area contributed by atoms with Gasteiger partial charge >= 0.3 is 0 Å². The number of carbonyl (C=O) groups excluding carboxylic acids is 3. The Balaban J connectivity index is 1.95. The smallest absolute Gasteiger partial charge is 0.251 e. The van der Waals surface area contributed by atoms with Gasteiger partial charge in [0, 0.05) is 22.9 Å². The molecule has 0 heterocycles. The Morgan fingerprint density at radius 1 is 1.00 bits per heavy atom. The van der Waals surface area contributed by atoms with Gasteiger partial charge in [-0.05, 0) is 48.9 Å². The van der Waals surface area contributed by atoms with Crippen LogP contribution in [0.4, 0.5) is 15.8 Å². The van der Waals surface area contributed by atoms with Gasteiger partial charge in [-0.3, -0.25) is 14.4 Å². The lowest BCUT2D eigenvalue weighted by atomic mass is 10.1. The molecule has 0 atom stereocenters. The highest BCUT2D eigenvalue weighted by atomic mass is 19.1. The first-order valence-electron chi connectivity index (χ1n) is 8.51. The highest BCUT2D eigenvalue weighted by molar-refractivity contribution is 6.00. The van der Waals surface area contributed by atoms with Crippen LogP contribution in [0.2, 0.25) is 0 Å². The van der Waals surface area contributed by atoms with Gasteiger partial charge in [0.05, 0.1) is 6.54 Å². The van der Waals surface area contributed by atoms with Crippen molar-refractivity contribution < 1.29 is 18.8 Å². The molecule has 0 fully saturated rings. The summed E-state index contributed by atoms with van der Waals surface area (Å²) < 4.78 is 12.9. The molecule has 0 bridgehead atoms. The predicted molar refractivity (Wildman–Crippen MR) is 102 cm³/mol. The Morgan fingerprint density at radius 2 is 1.67 bits per heavy atom. The van der Waals surface area contributed by atoms with Crippen LogP contribution in [0.1, 0.15) is 29.8 Å². The van der Waals surface area contributed by atoms with E-state index in [4.69, 9.17) is 0 Å². The van der Waals surface area contributed by atoms with Gasteiger partial charge in [0.15, 0.2) is 0 Å². The minimum absolute atomic E-state index is 0.123. The topological polar surface area (TPSA) is 87.3 Å². The number of aryl methyl sites for hydroxylation is 1. The fourth-order valence-corrected chi connectivity index (χ4v) is 2.18. The molecule has 0 aliphatic rings. The van der Waals surface area contributed by atoms with Crippen molar-refractivity contribution in [2.75, 3.05) is 17.2 Å². The van der Waals surface area contributed by atoms with Crippen LogP contribution in [0.25, 0.3) is 0 Å². The molecule has 3 amide bonds. The van der Waals surface area contributed by atoms with E-state index in [1.54, 1.807) is 32.0 Å². The summed E-state index contributed by atoms with van der Waals surface area (Å²) >= 11 is 0. The van der Waals surface area contributed by atoms with E-state index in [1.165, 1.54) is 24.3 Å². The predicted octanol–water partition coefficient (Wildman–Crippen LogP) is 3.10. The fourth-order valence-electron chi connectivity index (χ4n) is 2.18. The van der Waals surface area contributed by atoms with Crippen molar-refractivity contribution in [2.24, 2.45) is 5.92 Å². The maximum absolute atomic E-state index is 12.9. The molecule has 6 nitrogen and oxygen atoms in total. The van der Waals surface area contributed by atoms with Gasteiger partial charge in [-0.1, -0.05) is 19.9 Å². The number of rotatable bonds is 6. The summed E-state index contributed by atoms with van der Waals surface area (Å²) in [5.41, 5.74) is 2.19. The van der Waals surface area contributed by atoms with Crippen LogP contribution < -0.4 is 16.0 Å². The molecule has 7 heteroatoms. The standard InChI is InChI=1S/C20H22FN3O3/c1-12(2)19(26)23-16-9-4-13(3)17(10-16)24-18(25)11-22-20(27)14-5-7-15(21)8-6-14/h4-10,12H,11H2,1-3H3,(H,22,27)(H,23,26)(H,24,25). The molecule has 3 N–H and O–H groups in total. The number of amides is 3. The van der Waals surface area contributed by atoms with E-state index < -0.39 is 17.6 Å². The third kappa shape index (κ3) is 5.91. The monoisotopic (exact) mass is 371 g/mol. The third-order valence-electron chi connectivity index (χ3n) is 3.82. The third-order valence-corrected chi connectivity index (χ3v) is 3.82. The molecule has 0 spiro atoms. The summed E-state index contributed by atoms with van der Waals surface area (Å²) in [5.74, 6) is -1.61. The lowest BCUT2D eigenvalue weighted by Gasteiger charge is -2.13. The zero-order valence-electron chi connectivity index (χ0n) is 15.4. The number of hydrogen-bond donors (Lipinski definition) is 3. The highest BCUT2D eigenvalue weighted by Gasteiger charge is 2.11. The maximum atomic E-state index is 12.9. The molecular weight excluding hydrogens is 349 g/mol. The van der Waals surface area contributed by atoms with E-state index in [9.17, 15) is 18.8 Å². The molecule has 0 aliphatic carbocycles. The van der Waals surface area contributed by atoms with Gasteiger partial charge in [-0.15, -0.1) is 0 Å². The van der Waals surface area contributed by atoms with Gasteiger partial charge < -0.3 is 16.0 Å². The van der Waals surface area contributed by atoms with Crippen LogP contribution in [-0.2, 0) is 9.59 Å². The second kappa shape index (κ2) is 8.93. The largest absolute Gasteiger partial charge is 0.343 e. The average Bonchev–Trinajstić information content (AvgIpc) is 2.63. The van der Waals surface area contributed by atoms with E-state index >= 15 is 0 Å². The summed E-state index contributed by atoms with van der Waals surface area (Å²) in [6.45, 7) is 5.16. The molecule has 0 unspecified atom stereocenters. The molecule has 0 saturated heterocycles. The normalized spacial score (nSPS) is 10.4. The van der Waals surface area contributed by atoms with Crippen molar-refractivity contribution in [1.29, 1.82) is 0 Å². The average molecular weight is 371 g/mol. The van der Waals surface area contributed by atoms with E-state index in [1.807, 2.05) is 6.92 Å². The van der Waals surface area contributed by atoms with Gasteiger partial charge in [-0.2, -0.15) is 0 Å². The van der Waals surface area contributed by atoms with E-state index in [2.05, 4.69) is 16.0 Å². The van der Waals surface area contributed by atoms with Crippen molar-refractivity contribution >= 4 is 29.1 Å². The molecule has 27 heavy (non-hydrogen) atoms. The molecule has 2 aromatic rings. The first-order chi connectivity index (χ1) is 12.8. The Hall–Kier alpha value is -3.22. The first-order valence-corrected chi connectivity index (χ1v) is 8.51. The lowest BCUT2D eigenvalue weighted by Crippen LogP contribution is -2.33. The zero-order chi connectivity index (χ0) is 20.0. The zero-order valence-corrected chi connectivity index (χ0v) is 15.4. The number of carbonyl (C=O) groups is 3. The number of anilines is 2. The molecule has 0 radical (unpaired) electrons. The molecule has 0 saturated carbocycles. The second-order valence-electron chi connectivity index (χ2n) is 6.41. The van der Waals surface area contributed by atoms with E-state index in [-0.39, 0.29) is 23.9 Å². The maximum Gasteiger partial charge on any atom is 0.251 e. The number of hydrogen-bond acceptors (Lipinski definition) is 3. The Kier molecular flexibility index (Phi) is 6.65. The minimum Gasteiger partial charge on any atom is -0.343 e. The quantitative estimate of drug-likeness (QED) is 0.729. The van der Waals surface area contributed by atoms with Crippen molar-refractivity contribution in [3.05, 3.63) is 59.4 Å². The van der Waals surface area contributed by atoms with E-state index in [0.717, 1.165) is 5.56 Å². The summed E-state index contributed by atoms with van der Waals surface area (Å²) in [5, 5.41) is 7.95. The second-order valence-corrected chi connectivity index (χ2v) is 6.41. The van der Waals surface area contributed by atoms with Gasteiger partial charge in [0.2, 0.25) is 11.8 Å². The van der Waals surface area contributed by atoms with Crippen LogP contribution in [0.3, 0.4) is 0 Å². The number of halogens is 1. The summed E-state index contributed by atoms with van der Waals surface area (Å²) in [6.07, 6.45) is 0. The molecule has 2 rings (SSSR count). The first kappa shape index (κ1) is 20.1. The summed E-state index contributed by atoms with van der Waals surface area (Å²) in [4.78, 5) is 35.9. The minimum atomic E-state index is -0.472. The van der Waals surface area contributed by atoms with Crippen molar-refractivity contribution in [3.8, 4) is 0 Å². The lowest BCUT2D eigenvalue weighted by molar-refractivity contribution is -0.119. The molecular formula is C20H22FN3O3. The molecule has 142 valence electrons. The Bertz CT molecular complexity index is 848. The number of benzene rings is 2. The van der Waals surface area contributed by atoms with Crippen molar-refractivity contribution in [2.45, 2.75) is 20.8 Å². The van der Waals surface area contributed by atoms with Crippen molar-refractivity contribution in [3.63, 3.8) is 0 Å². The van der Waals surface area contributed by atoms with Crippen LogP contribution >= 0.6 is 0 Å².